The number of hydrogen-bond acceptors (Lipinski definition) is 7. The summed E-state index contributed by atoms with van der Waals surface area (Å²) in [6.45, 7) is -0.244. The zero-order valence-electron chi connectivity index (χ0n) is 12.4. The number of aromatic amines is 2. The van der Waals surface area contributed by atoms with E-state index in [4.69, 9.17) is 4.74 Å². The van der Waals surface area contributed by atoms with Crippen molar-refractivity contribution in [1.82, 2.24) is 20.6 Å². The first-order valence-corrected chi connectivity index (χ1v) is 7.37. The Labute approximate surface area is 143 Å². The van der Waals surface area contributed by atoms with Gasteiger partial charge in [0.2, 0.25) is 5.82 Å². The van der Waals surface area contributed by atoms with Crippen molar-refractivity contribution in [3.05, 3.63) is 49.1 Å². The van der Waals surface area contributed by atoms with Gasteiger partial charge in [-0.15, -0.1) is 5.10 Å². The van der Waals surface area contributed by atoms with Crippen molar-refractivity contribution in [3.8, 4) is 5.75 Å². The van der Waals surface area contributed by atoms with Gasteiger partial charge in [-0.3, -0.25) is 14.6 Å². The van der Waals surface area contributed by atoms with E-state index < -0.39 is 17.2 Å². The van der Waals surface area contributed by atoms with Crippen LogP contribution in [0.5, 0.6) is 5.75 Å². The highest BCUT2D eigenvalue weighted by molar-refractivity contribution is 9.10. The molecule has 0 aliphatic rings. The monoisotopic (exact) mass is 396 g/mol. The first-order chi connectivity index (χ1) is 11.5. The van der Waals surface area contributed by atoms with Crippen molar-refractivity contribution >= 4 is 33.9 Å². The first-order valence-electron chi connectivity index (χ1n) is 6.58. The van der Waals surface area contributed by atoms with Gasteiger partial charge in [-0.1, -0.05) is 0 Å². The summed E-state index contributed by atoms with van der Waals surface area (Å²) < 4.78 is 5.86. The van der Waals surface area contributed by atoms with Crippen LogP contribution in [0.4, 0.5) is 5.82 Å². The number of nitrogens with one attached hydrogen (secondary N) is 4. The number of H-pyrrole nitrogens is 2. The summed E-state index contributed by atoms with van der Waals surface area (Å²) in [6.07, 6.45) is 1.45. The van der Waals surface area contributed by atoms with Gasteiger partial charge in [0.25, 0.3) is 11.5 Å². The van der Waals surface area contributed by atoms with E-state index in [1.54, 1.807) is 25.3 Å². The molecule has 0 aliphatic carbocycles. The van der Waals surface area contributed by atoms with Crippen molar-refractivity contribution in [2.45, 2.75) is 0 Å². The Morgan fingerprint density at radius 3 is 2.92 bits per heavy atom. The van der Waals surface area contributed by atoms with Crippen molar-refractivity contribution in [2.75, 3.05) is 19.0 Å². The van der Waals surface area contributed by atoms with Crippen LogP contribution in [0.15, 0.2) is 37.4 Å². The predicted molar refractivity (Wildman–Crippen MR) is 90.4 cm³/mol. The summed E-state index contributed by atoms with van der Waals surface area (Å²) in [6, 6.07) is 5.29. The maximum atomic E-state index is 11.6. The number of amides is 1. The van der Waals surface area contributed by atoms with Crippen LogP contribution in [0.3, 0.4) is 0 Å². The Balaban J connectivity index is 1.87. The van der Waals surface area contributed by atoms with Crippen LogP contribution in [0.25, 0.3) is 0 Å². The van der Waals surface area contributed by atoms with Gasteiger partial charge in [0.05, 0.1) is 24.3 Å². The third-order valence-corrected chi connectivity index (χ3v) is 3.33. The number of anilines is 1. The molecule has 0 unspecified atom stereocenters. The van der Waals surface area contributed by atoms with Crippen molar-refractivity contribution in [1.29, 1.82) is 0 Å². The minimum Gasteiger partial charge on any atom is -0.496 e. The number of hydrazone groups is 1. The van der Waals surface area contributed by atoms with Crippen LogP contribution in [-0.2, 0) is 4.79 Å². The molecule has 1 aromatic heterocycles. The van der Waals surface area contributed by atoms with E-state index in [9.17, 15) is 14.4 Å². The number of nitrogens with zero attached hydrogens (tertiary/aromatic N) is 2. The Hall–Kier alpha value is -2.95. The lowest BCUT2D eigenvalue weighted by Gasteiger charge is -2.04. The standard InChI is InChI=1S/C13H13BrN6O4/c1-24-9-3-2-7(4-8(9)14)5-16-18-10(21)6-15-11-12(22)17-13(23)20-19-11/h2-5H,6H2,1H3,(H,15,19)(H,18,21)(H2,17,20,22,23)/b16-5+. The number of carbonyl (C=O) groups excluding carboxylic acids is 1. The summed E-state index contributed by atoms with van der Waals surface area (Å²) in [5.74, 6) is 0.0121. The fourth-order valence-electron chi connectivity index (χ4n) is 1.61. The minimum absolute atomic E-state index is 0.173. The van der Waals surface area contributed by atoms with Gasteiger partial charge in [0.1, 0.15) is 5.75 Å². The topological polar surface area (TPSA) is 141 Å². The van der Waals surface area contributed by atoms with Crippen LogP contribution in [0.1, 0.15) is 5.56 Å². The molecule has 0 atom stereocenters. The van der Waals surface area contributed by atoms with E-state index >= 15 is 0 Å². The fraction of sp³-hybridized carbons (Fsp3) is 0.154. The van der Waals surface area contributed by atoms with Gasteiger partial charge >= 0.3 is 5.69 Å². The molecule has 0 saturated heterocycles. The molecule has 2 rings (SSSR count). The second kappa shape index (κ2) is 8.06. The summed E-state index contributed by atoms with van der Waals surface area (Å²) >= 11 is 3.34. The summed E-state index contributed by atoms with van der Waals surface area (Å²) in [5.41, 5.74) is 1.58. The van der Waals surface area contributed by atoms with Crippen LogP contribution in [-0.4, -0.2) is 41.0 Å². The highest BCUT2D eigenvalue weighted by Gasteiger charge is 2.05. The third-order valence-electron chi connectivity index (χ3n) is 2.71. The zero-order valence-corrected chi connectivity index (χ0v) is 14.0. The number of hydrogen-bond donors (Lipinski definition) is 4. The molecule has 10 nitrogen and oxygen atoms in total. The molecular formula is C13H13BrN6O4. The molecule has 0 aliphatic heterocycles. The van der Waals surface area contributed by atoms with Gasteiger partial charge in [0.15, 0.2) is 0 Å². The van der Waals surface area contributed by atoms with Gasteiger partial charge in [0, 0.05) is 0 Å². The molecule has 1 amide bonds. The number of ether oxygens (including phenoxy) is 1. The number of rotatable bonds is 6. The summed E-state index contributed by atoms with van der Waals surface area (Å²) in [4.78, 5) is 35.8. The van der Waals surface area contributed by atoms with Crippen LogP contribution in [0, 0.1) is 0 Å². The number of benzene rings is 1. The average Bonchev–Trinajstić information content (AvgIpc) is 2.54. The van der Waals surface area contributed by atoms with E-state index in [1.807, 2.05) is 10.1 Å². The van der Waals surface area contributed by atoms with Gasteiger partial charge in [-0.2, -0.15) is 5.10 Å². The van der Waals surface area contributed by atoms with E-state index in [0.29, 0.717) is 5.75 Å². The molecule has 1 heterocycles. The van der Waals surface area contributed by atoms with E-state index in [1.165, 1.54) is 6.21 Å². The van der Waals surface area contributed by atoms with Gasteiger partial charge in [-0.05, 0) is 39.7 Å². The molecule has 126 valence electrons. The van der Waals surface area contributed by atoms with Gasteiger partial charge < -0.3 is 10.1 Å². The quantitative estimate of drug-likeness (QED) is 0.393. The average molecular weight is 397 g/mol. The lowest BCUT2D eigenvalue weighted by molar-refractivity contribution is -0.119. The summed E-state index contributed by atoms with van der Waals surface area (Å²) in [5, 5.41) is 11.8. The van der Waals surface area contributed by atoms with E-state index in [0.717, 1.165) is 10.0 Å². The Bertz CT molecular complexity index is 875. The maximum absolute atomic E-state index is 11.6. The molecule has 0 bridgehead atoms. The molecule has 0 fully saturated rings. The van der Waals surface area contributed by atoms with E-state index in [-0.39, 0.29) is 12.4 Å². The maximum Gasteiger partial charge on any atom is 0.342 e. The highest BCUT2D eigenvalue weighted by Crippen LogP contribution is 2.24. The molecule has 24 heavy (non-hydrogen) atoms. The van der Waals surface area contributed by atoms with Crippen LogP contribution < -0.4 is 26.7 Å². The SMILES string of the molecule is COc1ccc(/C=N/NC(=O)CNc2n[nH]c(=O)[nH]c2=O)cc1Br. The number of halogens is 1. The predicted octanol–water partition coefficient (Wildman–Crippen LogP) is -0.209. The normalized spacial score (nSPS) is 10.6. The highest BCUT2D eigenvalue weighted by atomic mass is 79.9. The molecule has 2 aromatic rings. The van der Waals surface area contributed by atoms with Crippen molar-refractivity contribution in [2.24, 2.45) is 5.10 Å². The molecule has 11 heteroatoms. The molecule has 0 saturated carbocycles. The largest absolute Gasteiger partial charge is 0.496 e. The summed E-state index contributed by atoms with van der Waals surface area (Å²) in [7, 11) is 1.56. The second-order valence-electron chi connectivity index (χ2n) is 4.40. The van der Waals surface area contributed by atoms with Gasteiger partial charge in [-0.25, -0.2) is 15.3 Å². The molecule has 0 radical (unpaired) electrons. The lowest BCUT2D eigenvalue weighted by Crippen LogP contribution is -2.31. The second-order valence-corrected chi connectivity index (χ2v) is 5.25. The third kappa shape index (κ3) is 4.78. The van der Waals surface area contributed by atoms with Crippen molar-refractivity contribution < 1.29 is 9.53 Å². The zero-order chi connectivity index (χ0) is 17.5. The number of aromatic nitrogens is 3. The molecule has 0 spiro atoms. The molecular weight excluding hydrogens is 384 g/mol. The molecule has 1 aromatic carbocycles. The Kier molecular flexibility index (Phi) is 5.84. The van der Waals surface area contributed by atoms with Crippen molar-refractivity contribution in [3.63, 3.8) is 0 Å². The Morgan fingerprint density at radius 2 is 2.25 bits per heavy atom. The first kappa shape index (κ1) is 17.4. The van der Waals surface area contributed by atoms with Crippen LogP contribution >= 0.6 is 15.9 Å². The number of methoxy groups -OCH3 is 1. The molecule has 4 N–H and O–H groups in total. The van der Waals surface area contributed by atoms with Crippen LogP contribution in [0.2, 0.25) is 0 Å². The number of carbonyl (C=O) groups is 1. The lowest BCUT2D eigenvalue weighted by atomic mass is 10.2. The minimum atomic E-state index is -0.731. The smallest absolute Gasteiger partial charge is 0.342 e. The van der Waals surface area contributed by atoms with E-state index in [2.05, 4.69) is 36.9 Å². The fourth-order valence-corrected chi connectivity index (χ4v) is 2.17. The Morgan fingerprint density at radius 1 is 1.46 bits per heavy atom.